The van der Waals surface area contributed by atoms with Crippen LogP contribution in [0.1, 0.15) is 16.7 Å². The fourth-order valence-electron chi connectivity index (χ4n) is 5.43. The average Bonchev–Trinajstić information content (AvgIpc) is 3.08. The zero-order valence-corrected chi connectivity index (χ0v) is 29.0. The van der Waals surface area contributed by atoms with Crippen LogP contribution in [0, 0.1) is 20.8 Å². The highest BCUT2D eigenvalue weighted by molar-refractivity contribution is 7.86. The van der Waals surface area contributed by atoms with E-state index in [9.17, 15) is 22.3 Å². The number of aromatic hydroxyl groups is 1. The van der Waals surface area contributed by atoms with Gasteiger partial charge in [-0.05, 0) is 97.3 Å². The van der Waals surface area contributed by atoms with Gasteiger partial charge in [0.05, 0.1) is 28.1 Å². The lowest BCUT2D eigenvalue weighted by molar-refractivity contribution is 0.472. The monoisotopic (exact) mass is 708 g/mol. The van der Waals surface area contributed by atoms with Crippen molar-refractivity contribution in [3.05, 3.63) is 114 Å². The van der Waals surface area contributed by atoms with Crippen LogP contribution in [-0.2, 0) is 21.4 Å². The molecule has 0 aromatic heterocycles. The molecule has 1 atom stereocenters. The number of anilines is 2. The second kappa shape index (κ2) is 13.7. The van der Waals surface area contributed by atoms with Gasteiger partial charge in [-0.25, -0.2) is 0 Å². The molecule has 0 saturated carbocycles. The van der Waals surface area contributed by atoms with Crippen LogP contribution >= 0.6 is 0 Å². The Bertz CT molecular complexity index is 2470. The highest BCUT2D eigenvalue weighted by Gasteiger charge is 2.25. The molecule has 0 saturated heterocycles. The van der Waals surface area contributed by atoms with E-state index >= 15 is 0 Å². The van der Waals surface area contributed by atoms with Gasteiger partial charge in [-0.2, -0.15) is 22.9 Å². The summed E-state index contributed by atoms with van der Waals surface area (Å²) >= 11 is -1.84. The summed E-state index contributed by atoms with van der Waals surface area (Å²) in [5.74, 6) is -0.253. The van der Waals surface area contributed by atoms with E-state index in [0.717, 1.165) is 27.6 Å². The number of nitrogens with two attached hydrogens (primary N) is 1. The van der Waals surface area contributed by atoms with Gasteiger partial charge in [-0.15, -0.1) is 10.2 Å². The number of nitrogen functional groups attached to an aromatic ring is 1. The minimum Gasteiger partial charge on any atom is -0.505 e. The van der Waals surface area contributed by atoms with Crippen LogP contribution in [0.4, 0.5) is 34.1 Å². The van der Waals surface area contributed by atoms with Crippen molar-refractivity contribution in [2.75, 3.05) is 17.1 Å². The summed E-state index contributed by atoms with van der Waals surface area (Å²) in [7, 11) is -3.11. The highest BCUT2D eigenvalue weighted by Crippen LogP contribution is 2.47. The van der Waals surface area contributed by atoms with Crippen LogP contribution in [0.25, 0.3) is 21.5 Å². The highest BCUT2D eigenvalue weighted by atomic mass is 32.2. The van der Waals surface area contributed by atoms with Crippen molar-refractivity contribution in [2.45, 2.75) is 25.7 Å². The number of nitrogens with zero attached hydrogens (tertiary/aromatic N) is 5. The molecule has 0 aliphatic rings. The number of phenols is 1. The van der Waals surface area contributed by atoms with E-state index in [4.69, 9.17) is 9.92 Å². The molecule has 254 valence electrons. The largest absolute Gasteiger partial charge is 0.505 e. The zero-order valence-electron chi connectivity index (χ0n) is 27.4. The van der Waals surface area contributed by atoms with Crippen molar-refractivity contribution in [3.63, 3.8) is 0 Å². The lowest BCUT2D eigenvalue weighted by Gasteiger charge is -2.20. The lowest BCUT2D eigenvalue weighted by atomic mass is 10.0. The molecule has 0 amide bonds. The third-order valence-electron chi connectivity index (χ3n) is 8.07. The Balaban J connectivity index is 1.27. The van der Waals surface area contributed by atoms with E-state index in [0.29, 0.717) is 22.7 Å². The number of azo groups is 2. The van der Waals surface area contributed by atoms with Crippen molar-refractivity contribution < 1.29 is 26.5 Å². The van der Waals surface area contributed by atoms with Crippen molar-refractivity contribution in [1.29, 1.82) is 0 Å². The molecule has 0 fully saturated rings. The zero-order chi connectivity index (χ0) is 35.7. The van der Waals surface area contributed by atoms with Crippen molar-refractivity contribution in [1.82, 2.24) is 0 Å². The molecule has 6 aromatic rings. The molecule has 1 unspecified atom stereocenters. The Morgan fingerprint density at radius 2 is 1.36 bits per heavy atom. The maximum atomic E-state index is 13.2. The van der Waals surface area contributed by atoms with E-state index in [1.165, 1.54) is 6.07 Å². The second-order valence-electron chi connectivity index (χ2n) is 11.6. The Kier molecular flexibility index (Phi) is 9.34. The van der Waals surface area contributed by atoms with Gasteiger partial charge >= 0.3 is 11.3 Å². The van der Waals surface area contributed by atoms with Crippen molar-refractivity contribution >= 4 is 77.1 Å². The summed E-state index contributed by atoms with van der Waals surface area (Å²) in [5.41, 5.74) is 10.4. The normalized spacial score (nSPS) is 12.7. The molecule has 12 nitrogen and oxygen atoms in total. The van der Waals surface area contributed by atoms with Gasteiger partial charge in [0.2, 0.25) is 0 Å². The first-order chi connectivity index (χ1) is 23.8. The Labute approximate surface area is 291 Å². The summed E-state index contributed by atoms with van der Waals surface area (Å²) in [5, 5.41) is 30.2. The smallest absolute Gasteiger partial charge is 0.318 e. The van der Waals surface area contributed by atoms with Gasteiger partial charge < -0.3 is 15.0 Å². The van der Waals surface area contributed by atoms with Crippen LogP contribution in [0.5, 0.6) is 11.5 Å². The van der Waals surface area contributed by atoms with Gasteiger partial charge in [0.25, 0.3) is 10.1 Å². The third-order valence-corrected chi connectivity index (χ3v) is 9.91. The Morgan fingerprint density at radius 1 is 0.760 bits per heavy atom. The van der Waals surface area contributed by atoms with Crippen LogP contribution in [0.2, 0.25) is 0 Å². The molecular formula is C36H32N6O6S2. The van der Waals surface area contributed by atoms with Crippen LogP contribution in [0.3, 0.4) is 0 Å². The van der Waals surface area contributed by atoms with E-state index in [1.807, 2.05) is 50.2 Å². The summed E-state index contributed by atoms with van der Waals surface area (Å²) < 4.78 is 55.0. The van der Waals surface area contributed by atoms with Gasteiger partial charge in [-0.1, -0.05) is 48.0 Å². The summed E-state index contributed by atoms with van der Waals surface area (Å²) in [6.45, 7) is 5.62. The molecule has 0 radical (unpaired) electrons. The van der Waals surface area contributed by atoms with Gasteiger partial charge in [0.1, 0.15) is 22.0 Å². The van der Waals surface area contributed by atoms with Gasteiger partial charge in [0, 0.05) is 12.4 Å². The van der Waals surface area contributed by atoms with Gasteiger partial charge in [-0.3, -0.25) is 8.86 Å². The first-order valence-electron chi connectivity index (χ1n) is 15.2. The van der Waals surface area contributed by atoms with E-state index in [-0.39, 0.29) is 22.1 Å². The van der Waals surface area contributed by atoms with E-state index < -0.39 is 37.7 Å². The molecule has 0 spiro atoms. The number of fused-ring (bicyclic) bond motifs is 2. The fraction of sp³-hybridized carbons (Fsp3) is 0.111. The maximum absolute atomic E-state index is 13.2. The molecule has 50 heavy (non-hydrogen) atoms. The van der Waals surface area contributed by atoms with E-state index in [1.54, 1.807) is 72.9 Å². The van der Waals surface area contributed by atoms with Crippen LogP contribution in [-0.4, -0.2) is 29.3 Å². The first-order valence-corrected chi connectivity index (χ1v) is 17.7. The molecule has 0 aliphatic carbocycles. The molecule has 0 aliphatic heterocycles. The number of hydrogen-bond acceptors (Lipinski definition) is 10. The summed E-state index contributed by atoms with van der Waals surface area (Å²) in [6.07, 6.45) is 0. The minimum atomic E-state index is -4.81. The second-order valence-corrected chi connectivity index (χ2v) is 14.1. The molecule has 14 heteroatoms. The predicted molar refractivity (Wildman–Crippen MR) is 196 cm³/mol. The average molecular weight is 709 g/mol. The van der Waals surface area contributed by atoms with Crippen LogP contribution in [0.15, 0.2) is 122 Å². The van der Waals surface area contributed by atoms with Crippen molar-refractivity contribution in [2.24, 2.45) is 20.5 Å². The van der Waals surface area contributed by atoms with Crippen LogP contribution < -0.4 is 14.2 Å². The van der Waals surface area contributed by atoms with Gasteiger partial charge in [0.15, 0.2) is 5.75 Å². The number of hydrogen-bond donors (Lipinski definition) is 3. The molecular weight excluding hydrogens is 677 g/mol. The summed E-state index contributed by atoms with van der Waals surface area (Å²) in [6, 6.07) is 27.9. The molecule has 4 N–H and O–H groups in total. The SMILES string of the molecule is Cc1ccc(N=Nc2c(S(=O)(=O)O)cc3cc(C)c(N=Nc4ccc(OS(=O)N(C)c5ccc(C)c6ccccc56)cc4)c(N)c3c2O)cc1. The first kappa shape index (κ1) is 34.2. The number of phenolic OH excluding ortho intramolecular Hbond substituents is 1. The molecule has 0 bridgehead atoms. The Hall–Kier alpha value is -5.70. The standard InChI is InChI=1S/C36H32N6O6S2/c1-21-9-12-25(13-10-21)39-41-35-31(50(45,46)47)20-24-19-23(3)34(33(37)32(24)36(35)43)40-38-26-14-16-27(17-15-26)48-49(44)42(4)30-18-11-22(2)28-7-5-6-8-29(28)30/h5-20,43H,37H2,1-4H3,(H,45,46,47). The lowest BCUT2D eigenvalue weighted by Crippen LogP contribution is -2.24. The predicted octanol–water partition coefficient (Wildman–Crippen LogP) is 9.38. The number of aryl methyl sites for hydroxylation is 3. The summed E-state index contributed by atoms with van der Waals surface area (Å²) in [4.78, 5) is -0.631. The Morgan fingerprint density at radius 3 is 2.00 bits per heavy atom. The quantitative estimate of drug-likeness (QED) is 0.0760. The third kappa shape index (κ3) is 6.89. The topological polar surface area (TPSA) is 180 Å². The minimum absolute atomic E-state index is 0.0111. The molecule has 6 rings (SSSR count). The molecule has 6 aromatic carbocycles. The van der Waals surface area contributed by atoms with E-state index in [2.05, 4.69) is 20.5 Å². The van der Waals surface area contributed by atoms with Crippen molar-refractivity contribution in [3.8, 4) is 11.5 Å². The fourth-order valence-corrected chi connectivity index (χ4v) is 6.80. The molecule has 0 heterocycles. The maximum Gasteiger partial charge on any atom is 0.318 e. The number of benzene rings is 6. The number of rotatable bonds is 9.